The quantitative estimate of drug-likeness (QED) is 0.766. The Morgan fingerprint density at radius 1 is 1.33 bits per heavy atom. The maximum absolute atomic E-state index is 11.7. The molecule has 24 heavy (non-hydrogen) atoms. The normalized spacial score (nSPS) is 15.4. The van der Waals surface area contributed by atoms with Crippen LogP contribution in [0, 0.1) is 0 Å². The highest BCUT2D eigenvalue weighted by molar-refractivity contribution is 7.18. The fraction of sp³-hybridized carbons (Fsp3) is 0.412. The van der Waals surface area contributed by atoms with Crippen LogP contribution in [-0.4, -0.2) is 38.3 Å². The zero-order valence-corrected chi connectivity index (χ0v) is 15.2. The summed E-state index contributed by atoms with van der Waals surface area (Å²) in [6.45, 7) is 1.76. The van der Waals surface area contributed by atoms with Gasteiger partial charge in [0.15, 0.2) is 15.2 Å². The number of piperidine rings is 1. The minimum atomic E-state index is -0.435. The molecule has 1 aromatic heterocycles. The molecule has 1 aliphatic rings. The molecule has 0 N–H and O–H groups in total. The van der Waals surface area contributed by atoms with Gasteiger partial charge in [-0.25, -0.2) is 9.78 Å². The Morgan fingerprint density at radius 3 is 2.75 bits per heavy atom. The van der Waals surface area contributed by atoms with Gasteiger partial charge in [0, 0.05) is 13.1 Å². The summed E-state index contributed by atoms with van der Waals surface area (Å²) in [6.07, 6.45) is 2.05. The van der Waals surface area contributed by atoms with Crippen molar-refractivity contribution < 1.29 is 14.3 Å². The third-order valence-corrected chi connectivity index (χ3v) is 5.76. The van der Waals surface area contributed by atoms with E-state index < -0.39 is 5.97 Å². The highest BCUT2D eigenvalue weighted by Crippen LogP contribution is 2.35. The van der Waals surface area contributed by atoms with Crippen molar-refractivity contribution in [3.05, 3.63) is 39.9 Å². The van der Waals surface area contributed by atoms with Crippen LogP contribution in [0.5, 0.6) is 5.75 Å². The van der Waals surface area contributed by atoms with Crippen LogP contribution >= 0.6 is 22.9 Å². The summed E-state index contributed by atoms with van der Waals surface area (Å²) in [5.74, 6) is 0.964. The van der Waals surface area contributed by atoms with E-state index in [1.165, 1.54) is 24.0 Å². The first kappa shape index (κ1) is 17.0. The fourth-order valence-corrected chi connectivity index (χ4v) is 4.20. The van der Waals surface area contributed by atoms with Gasteiger partial charge in [-0.15, -0.1) is 0 Å². The second-order valence-electron chi connectivity index (χ2n) is 5.65. The van der Waals surface area contributed by atoms with Crippen molar-refractivity contribution >= 4 is 34.0 Å². The SMILES string of the molecule is COC(=O)c1sc(N2CCC(c3cccc(OC)c3)CC2)nc1Cl. The van der Waals surface area contributed by atoms with E-state index in [0.29, 0.717) is 10.8 Å². The molecule has 0 aliphatic carbocycles. The summed E-state index contributed by atoms with van der Waals surface area (Å²) < 4.78 is 10.0. The van der Waals surface area contributed by atoms with E-state index in [-0.39, 0.29) is 5.15 Å². The molecule has 0 unspecified atom stereocenters. The number of methoxy groups -OCH3 is 2. The average molecular weight is 367 g/mol. The predicted octanol–water partition coefficient (Wildman–Crippen LogP) is 3.98. The van der Waals surface area contributed by atoms with Crippen molar-refractivity contribution in [2.75, 3.05) is 32.2 Å². The Balaban J connectivity index is 1.68. The van der Waals surface area contributed by atoms with Crippen molar-refractivity contribution in [3.63, 3.8) is 0 Å². The largest absolute Gasteiger partial charge is 0.497 e. The Kier molecular flexibility index (Phi) is 5.26. The van der Waals surface area contributed by atoms with Crippen LogP contribution in [0.25, 0.3) is 0 Å². The van der Waals surface area contributed by atoms with Gasteiger partial charge in [-0.2, -0.15) is 0 Å². The zero-order valence-electron chi connectivity index (χ0n) is 13.6. The van der Waals surface area contributed by atoms with Gasteiger partial charge in [-0.1, -0.05) is 35.1 Å². The summed E-state index contributed by atoms with van der Waals surface area (Å²) in [7, 11) is 3.03. The van der Waals surface area contributed by atoms with Gasteiger partial charge in [0.2, 0.25) is 0 Å². The number of rotatable bonds is 4. The molecule has 1 aliphatic heterocycles. The molecule has 128 valence electrons. The lowest BCUT2D eigenvalue weighted by Crippen LogP contribution is -2.32. The summed E-state index contributed by atoms with van der Waals surface area (Å²) in [6, 6.07) is 8.25. The molecule has 1 aromatic carbocycles. The first-order valence-electron chi connectivity index (χ1n) is 7.76. The van der Waals surface area contributed by atoms with Gasteiger partial charge in [-0.05, 0) is 36.5 Å². The number of thiazole rings is 1. The second-order valence-corrected chi connectivity index (χ2v) is 6.98. The van der Waals surface area contributed by atoms with Gasteiger partial charge in [-0.3, -0.25) is 0 Å². The van der Waals surface area contributed by atoms with Crippen molar-refractivity contribution in [3.8, 4) is 5.75 Å². The molecular formula is C17H19ClN2O3S. The summed E-state index contributed by atoms with van der Waals surface area (Å²) in [5, 5.41) is 1.00. The third kappa shape index (κ3) is 3.49. The highest BCUT2D eigenvalue weighted by Gasteiger charge is 2.25. The smallest absolute Gasteiger partial charge is 0.351 e. The Bertz CT molecular complexity index is 726. The number of esters is 1. The molecule has 7 heteroatoms. The third-order valence-electron chi connectivity index (χ3n) is 4.28. The standard InChI is InChI=1S/C17H19ClN2O3S/c1-22-13-5-3-4-12(10-13)11-6-8-20(9-7-11)17-19-15(18)14(24-17)16(21)23-2/h3-5,10-11H,6-9H2,1-2H3. The maximum atomic E-state index is 11.7. The van der Waals surface area contributed by atoms with Crippen LogP contribution in [-0.2, 0) is 4.74 Å². The fourth-order valence-electron chi connectivity index (χ4n) is 2.94. The van der Waals surface area contributed by atoms with E-state index >= 15 is 0 Å². The number of hydrogen-bond donors (Lipinski definition) is 0. The van der Waals surface area contributed by atoms with Crippen LogP contribution < -0.4 is 9.64 Å². The van der Waals surface area contributed by atoms with Crippen LogP contribution in [0.4, 0.5) is 5.13 Å². The maximum Gasteiger partial charge on any atom is 0.351 e. The Labute approximate surface area is 150 Å². The van der Waals surface area contributed by atoms with Crippen molar-refractivity contribution in [1.29, 1.82) is 0 Å². The monoisotopic (exact) mass is 366 g/mol. The van der Waals surface area contributed by atoms with Crippen molar-refractivity contribution in [1.82, 2.24) is 4.98 Å². The molecule has 0 saturated carbocycles. The molecule has 2 heterocycles. The van der Waals surface area contributed by atoms with E-state index in [2.05, 4.69) is 22.0 Å². The molecule has 0 atom stereocenters. The lowest BCUT2D eigenvalue weighted by atomic mass is 9.89. The van der Waals surface area contributed by atoms with E-state index in [9.17, 15) is 4.79 Å². The molecule has 5 nitrogen and oxygen atoms in total. The van der Waals surface area contributed by atoms with E-state index in [4.69, 9.17) is 21.1 Å². The topological polar surface area (TPSA) is 51.7 Å². The number of benzene rings is 1. The van der Waals surface area contributed by atoms with E-state index in [0.717, 1.165) is 36.8 Å². The first-order chi connectivity index (χ1) is 11.6. The number of aromatic nitrogens is 1. The minimum Gasteiger partial charge on any atom is -0.497 e. The number of hydrogen-bond acceptors (Lipinski definition) is 6. The molecule has 0 bridgehead atoms. The van der Waals surface area contributed by atoms with Crippen molar-refractivity contribution in [2.45, 2.75) is 18.8 Å². The van der Waals surface area contributed by atoms with Gasteiger partial charge >= 0.3 is 5.97 Å². The number of ether oxygens (including phenoxy) is 2. The molecule has 1 saturated heterocycles. The molecular weight excluding hydrogens is 348 g/mol. The van der Waals surface area contributed by atoms with Crippen LogP contribution in [0.2, 0.25) is 5.15 Å². The molecule has 1 fully saturated rings. The lowest BCUT2D eigenvalue weighted by Gasteiger charge is -2.32. The summed E-state index contributed by atoms with van der Waals surface area (Å²) in [5.41, 5.74) is 1.31. The number of carbonyl (C=O) groups is 1. The van der Waals surface area contributed by atoms with Gasteiger partial charge in [0.25, 0.3) is 0 Å². The predicted molar refractivity (Wildman–Crippen MR) is 95.6 cm³/mol. The Hall–Kier alpha value is -1.79. The molecule has 0 spiro atoms. The molecule has 3 rings (SSSR count). The minimum absolute atomic E-state index is 0.219. The first-order valence-corrected chi connectivity index (χ1v) is 8.95. The number of halogens is 1. The summed E-state index contributed by atoms with van der Waals surface area (Å²) >= 11 is 7.34. The van der Waals surface area contributed by atoms with Gasteiger partial charge in [0.05, 0.1) is 14.2 Å². The Morgan fingerprint density at radius 2 is 2.08 bits per heavy atom. The lowest BCUT2D eigenvalue weighted by molar-refractivity contribution is 0.0606. The van der Waals surface area contributed by atoms with Gasteiger partial charge in [0.1, 0.15) is 5.75 Å². The van der Waals surface area contributed by atoms with Crippen LogP contribution in [0.3, 0.4) is 0 Å². The summed E-state index contributed by atoms with van der Waals surface area (Å²) in [4.78, 5) is 18.5. The average Bonchev–Trinajstić information content (AvgIpc) is 3.03. The van der Waals surface area contributed by atoms with E-state index in [1.54, 1.807) is 7.11 Å². The number of anilines is 1. The number of nitrogens with zero attached hydrogens (tertiary/aromatic N) is 2. The molecule has 0 radical (unpaired) electrons. The number of carbonyl (C=O) groups excluding carboxylic acids is 1. The molecule has 2 aromatic rings. The van der Waals surface area contributed by atoms with E-state index in [1.807, 2.05) is 12.1 Å². The van der Waals surface area contributed by atoms with Crippen LogP contribution in [0.15, 0.2) is 24.3 Å². The molecule has 0 amide bonds. The van der Waals surface area contributed by atoms with Crippen LogP contribution in [0.1, 0.15) is 34.0 Å². The van der Waals surface area contributed by atoms with Gasteiger partial charge < -0.3 is 14.4 Å². The van der Waals surface area contributed by atoms with Crippen molar-refractivity contribution in [2.24, 2.45) is 0 Å². The second kappa shape index (κ2) is 7.40. The highest BCUT2D eigenvalue weighted by atomic mass is 35.5. The zero-order chi connectivity index (χ0) is 17.1.